The highest BCUT2D eigenvalue weighted by molar-refractivity contribution is 7.98. The lowest BCUT2D eigenvalue weighted by Gasteiger charge is -2.07. The topological polar surface area (TPSA) is 95.5 Å². The van der Waals surface area contributed by atoms with E-state index in [0.29, 0.717) is 5.75 Å². The van der Waals surface area contributed by atoms with E-state index >= 15 is 0 Å². The number of nitrogens with two attached hydrogens (primary N) is 1. The minimum absolute atomic E-state index is 0.0573. The van der Waals surface area contributed by atoms with Crippen molar-refractivity contribution in [2.45, 2.75) is 4.90 Å². The van der Waals surface area contributed by atoms with E-state index in [2.05, 4.69) is 0 Å². The standard InChI is InChI=1S/C14H12N2O4S/c1-21-11-5-3-10(4-6-11)20-13-7-2-9(14(15)17)8-12(13)16(18)19/h2-8H,1H3,(H2,15,17). The van der Waals surface area contributed by atoms with E-state index in [9.17, 15) is 14.9 Å². The first kappa shape index (κ1) is 14.9. The van der Waals surface area contributed by atoms with Crippen molar-refractivity contribution in [1.82, 2.24) is 0 Å². The second-order valence-corrected chi connectivity index (χ2v) is 4.96. The third-order valence-corrected chi connectivity index (χ3v) is 3.47. The van der Waals surface area contributed by atoms with E-state index in [4.69, 9.17) is 10.5 Å². The number of thioether (sulfide) groups is 1. The molecular weight excluding hydrogens is 292 g/mol. The van der Waals surface area contributed by atoms with Gasteiger partial charge in [0.15, 0.2) is 0 Å². The summed E-state index contributed by atoms with van der Waals surface area (Å²) in [7, 11) is 0. The number of ether oxygens (including phenoxy) is 1. The normalized spacial score (nSPS) is 10.1. The fraction of sp³-hybridized carbons (Fsp3) is 0.0714. The van der Waals surface area contributed by atoms with Crippen molar-refractivity contribution in [2.24, 2.45) is 5.73 Å². The number of nitrogens with zero attached hydrogens (tertiary/aromatic N) is 1. The Morgan fingerprint density at radius 3 is 2.43 bits per heavy atom. The lowest BCUT2D eigenvalue weighted by Crippen LogP contribution is -2.11. The molecule has 2 rings (SSSR count). The number of hydrogen-bond donors (Lipinski definition) is 1. The van der Waals surface area contributed by atoms with Crippen molar-refractivity contribution in [2.75, 3.05) is 6.26 Å². The summed E-state index contributed by atoms with van der Waals surface area (Å²) in [6, 6.07) is 11.0. The zero-order chi connectivity index (χ0) is 15.4. The minimum Gasteiger partial charge on any atom is -0.450 e. The first-order chi connectivity index (χ1) is 10.0. The van der Waals surface area contributed by atoms with Crippen LogP contribution in [0.5, 0.6) is 11.5 Å². The molecule has 2 aromatic rings. The summed E-state index contributed by atoms with van der Waals surface area (Å²) in [5, 5.41) is 11.1. The fourth-order valence-corrected chi connectivity index (χ4v) is 2.08. The molecule has 21 heavy (non-hydrogen) atoms. The summed E-state index contributed by atoms with van der Waals surface area (Å²) in [6.45, 7) is 0. The highest BCUT2D eigenvalue weighted by Gasteiger charge is 2.18. The molecule has 0 aliphatic carbocycles. The average molecular weight is 304 g/mol. The van der Waals surface area contributed by atoms with Gasteiger partial charge in [0.05, 0.1) is 4.92 Å². The van der Waals surface area contributed by atoms with Crippen LogP contribution in [0.1, 0.15) is 10.4 Å². The molecule has 0 fully saturated rings. The zero-order valence-electron chi connectivity index (χ0n) is 11.1. The van der Waals surface area contributed by atoms with Crippen LogP contribution in [0.3, 0.4) is 0 Å². The van der Waals surface area contributed by atoms with E-state index in [-0.39, 0.29) is 17.0 Å². The number of carbonyl (C=O) groups excluding carboxylic acids is 1. The van der Waals surface area contributed by atoms with Crippen LogP contribution in [0, 0.1) is 10.1 Å². The van der Waals surface area contributed by atoms with Crippen LogP contribution in [-0.4, -0.2) is 17.1 Å². The Hall–Kier alpha value is -2.54. The number of benzene rings is 2. The molecule has 1 amide bonds. The second kappa shape index (κ2) is 6.27. The van der Waals surface area contributed by atoms with Crippen molar-refractivity contribution in [1.29, 1.82) is 0 Å². The van der Waals surface area contributed by atoms with Crippen LogP contribution in [-0.2, 0) is 0 Å². The molecule has 0 spiro atoms. The Kier molecular flexibility index (Phi) is 4.44. The van der Waals surface area contributed by atoms with Crippen LogP contribution >= 0.6 is 11.8 Å². The Balaban J connectivity index is 2.34. The molecule has 2 N–H and O–H groups in total. The summed E-state index contributed by atoms with van der Waals surface area (Å²) in [6.07, 6.45) is 1.95. The van der Waals surface area contributed by atoms with Crippen molar-refractivity contribution >= 4 is 23.4 Å². The molecule has 0 atom stereocenters. The van der Waals surface area contributed by atoms with Crippen molar-refractivity contribution in [3.8, 4) is 11.5 Å². The highest BCUT2D eigenvalue weighted by atomic mass is 32.2. The molecule has 2 aromatic carbocycles. The predicted octanol–water partition coefficient (Wildman–Crippen LogP) is 3.21. The number of rotatable bonds is 5. The van der Waals surface area contributed by atoms with E-state index in [1.165, 1.54) is 12.1 Å². The van der Waals surface area contributed by atoms with Gasteiger partial charge < -0.3 is 10.5 Å². The number of nitro groups is 1. The van der Waals surface area contributed by atoms with Gasteiger partial charge in [0, 0.05) is 16.5 Å². The van der Waals surface area contributed by atoms with Crippen LogP contribution in [0.2, 0.25) is 0 Å². The third kappa shape index (κ3) is 3.51. The molecule has 0 saturated carbocycles. The van der Waals surface area contributed by atoms with Gasteiger partial charge in [-0.05, 0) is 42.7 Å². The summed E-state index contributed by atoms with van der Waals surface area (Å²) in [5.74, 6) is -0.196. The van der Waals surface area contributed by atoms with E-state index in [1.807, 2.05) is 18.4 Å². The van der Waals surface area contributed by atoms with Crippen molar-refractivity contribution < 1.29 is 14.5 Å². The zero-order valence-corrected chi connectivity index (χ0v) is 11.9. The van der Waals surface area contributed by atoms with Gasteiger partial charge in [0.2, 0.25) is 11.7 Å². The molecule has 0 aliphatic heterocycles. The lowest BCUT2D eigenvalue weighted by atomic mass is 10.2. The maximum Gasteiger partial charge on any atom is 0.312 e. The molecule has 108 valence electrons. The predicted molar refractivity (Wildman–Crippen MR) is 79.9 cm³/mol. The molecule has 0 unspecified atom stereocenters. The number of carbonyl (C=O) groups is 1. The molecule has 0 aromatic heterocycles. The van der Waals surface area contributed by atoms with Crippen LogP contribution < -0.4 is 10.5 Å². The Bertz CT molecular complexity index is 686. The summed E-state index contributed by atoms with van der Waals surface area (Å²) < 4.78 is 5.50. The average Bonchev–Trinajstić information content (AvgIpc) is 2.48. The molecule has 0 aliphatic rings. The maximum absolute atomic E-state index is 11.1. The fourth-order valence-electron chi connectivity index (χ4n) is 1.67. The van der Waals surface area contributed by atoms with Gasteiger partial charge in [-0.2, -0.15) is 0 Å². The van der Waals surface area contributed by atoms with Crippen LogP contribution in [0.25, 0.3) is 0 Å². The van der Waals surface area contributed by atoms with Gasteiger partial charge in [0.25, 0.3) is 0 Å². The molecule has 0 saturated heterocycles. The number of hydrogen-bond acceptors (Lipinski definition) is 5. The van der Waals surface area contributed by atoms with Crippen LogP contribution in [0.4, 0.5) is 5.69 Å². The first-order valence-electron chi connectivity index (χ1n) is 5.91. The molecule has 6 nitrogen and oxygen atoms in total. The lowest BCUT2D eigenvalue weighted by molar-refractivity contribution is -0.385. The Labute approximate surface area is 125 Å². The van der Waals surface area contributed by atoms with Gasteiger partial charge in [0.1, 0.15) is 5.75 Å². The third-order valence-electron chi connectivity index (χ3n) is 2.73. The van der Waals surface area contributed by atoms with Gasteiger partial charge >= 0.3 is 5.69 Å². The molecule has 7 heteroatoms. The van der Waals surface area contributed by atoms with Crippen molar-refractivity contribution in [3.05, 3.63) is 58.1 Å². The summed E-state index contributed by atoms with van der Waals surface area (Å²) in [4.78, 5) is 22.6. The monoisotopic (exact) mass is 304 g/mol. The minimum atomic E-state index is -0.728. The van der Waals surface area contributed by atoms with Crippen molar-refractivity contribution in [3.63, 3.8) is 0 Å². The highest BCUT2D eigenvalue weighted by Crippen LogP contribution is 2.32. The summed E-state index contributed by atoms with van der Waals surface area (Å²) in [5.41, 5.74) is 4.87. The molecular formula is C14H12N2O4S. The van der Waals surface area contributed by atoms with E-state index in [0.717, 1.165) is 11.0 Å². The number of primary amides is 1. The maximum atomic E-state index is 11.1. The van der Waals surface area contributed by atoms with Gasteiger partial charge in [-0.15, -0.1) is 11.8 Å². The van der Waals surface area contributed by atoms with Gasteiger partial charge in [-0.3, -0.25) is 14.9 Å². The Morgan fingerprint density at radius 2 is 1.90 bits per heavy atom. The van der Waals surface area contributed by atoms with E-state index in [1.54, 1.807) is 23.9 Å². The summed E-state index contributed by atoms with van der Waals surface area (Å²) >= 11 is 1.58. The first-order valence-corrected chi connectivity index (χ1v) is 7.14. The van der Waals surface area contributed by atoms with E-state index < -0.39 is 10.8 Å². The Morgan fingerprint density at radius 1 is 1.24 bits per heavy atom. The molecule has 0 radical (unpaired) electrons. The largest absolute Gasteiger partial charge is 0.450 e. The SMILES string of the molecule is CSc1ccc(Oc2ccc(C(N)=O)cc2[N+](=O)[O-])cc1. The second-order valence-electron chi connectivity index (χ2n) is 4.08. The molecule has 0 heterocycles. The van der Waals surface area contributed by atoms with Crippen LogP contribution in [0.15, 0.2) is 47.4 Å². The quantitative estimate of drug-likeness (QED) is 0.520. The number of amides is 1. The molecule has 0 bridgehead atoms. The van der Waals surface area contributed by atoms with Gasteiger partial charge in [-0.25, -0.2) is 0 Å². The number of nitro benzene ring substituents is 1. The smallest absolute Gasteiger partial charge is 0.312 e. The van der Waals surface area contributed by atoms with Gasteiger partial charge in [-0.1, -0.05) is 0 Å².